The van der Waals surface area contributed by atoms with Gasteiger partial charge in [0.25, 0.3) is 0 Å². The minimum atomic E-state index is 0.482. The smallest absolute Gasteiger partial charge is 0.0477 e. The molecule has 0 aliphatic carbocycles. The maximum Gasteiger partial charge on any atom is 0.0477 e. The van der Waals surface area contributed by atoms with Crippen molar-refractivity contribution in [2.75, 3.05) is 59.4 Å². The summed E-state index contributed by atoms with van der Waals surface area (Å²) >= 11 is 0. The van der Waals surface area contributed by atoms with Crippen molar-refractivity contribution >= 4 is 0 Å². The molecule has 0 saturated carbocycles. The van der Waals surface area contributed by atoms with E-state index in [9.17, 15) is 0 Å². The van der Waals surface area contributed by atoms with Crippen LogP contribution in [0.5, 0.6) is 0 Å². The van der Waals surface area contributed by atoms with E-state index in [0.717, 1.165) is 26.2 Å². The number of aromatic nitrogens is 1. The summed E-state index contributed by atoms with van der Waals surface area (Å²) in [4.78, 5) is 11.9. The van der Waals surface area contributed by atoms with Gasteiger partial charge in [0.1, 0.15) is 0 Å². The van der Waals surface area contributed by atoms with Crippen molar-refractivity contribution < 1.29 is 0 Å². The summed E-state index contributed by atoms with van der Waals surface area (Å²) in [5.74, 6) is 0. The number of hydrogen-bond donors (Lipinski definition) is 1. The summed E-state index contributed by atoms with van der Waals surface area (Å²) in [5.41, 5.74) is 1.41. The van der Waals surface area contributed by atoms with E-state index in [1.807, 2.05) is 12.4 Å². The van der Waals surface area contributed by atoms with Crippen LogP contribution in [-0.2, 0) is 0 Å². The zero-order chi connectivity index (χ0) is 15.4. The monoisotopic (exact) mass is 303 g/mol. The van der Waals surface area contributed by atoms with E-state index in [1.54, 1.807) is 0 Å². The normalized spacial score (nSPS) is 26.9. The van der Waals surface area contributed by atoms with Crippen molar-refractivity contribution in [1.29, 1.82) is 0 Å². The molecule has 1 aromatic rings. The maximum absolute atomic E-state index is 4.19. The Morgan fingerprint density at radius 3 is 2.59 bits per heavy atom. The van der Waals surface area contributed by atoms with Gasteiger partial charge in [-0.2, -0.15) is 0 Å². The van der Waals surface area contributed by atoms with Gasteiger partial charge in [0, 0.05) is 76.8 Å². The van der Waals surface area contributed by atoms with Crippen LogP contribution in [0.4, 0.5) is 0 Å². The van der Waals surface area contributed by atoms with Crippen LogP contribution in [0.1, 0.15) is 18.5 Å². The molecule has 0 radical (unpaired) electrons. The van der Waals surface area contributed by atoms with E-state index in [2.05, 4.69) is 51.1 Å². The number of likely N-dealkylation sites (N-methyl/N-ethyl adjacent to an activating group) is 1. The lowest BCUT2D eigenvalue weighted by atomic mass is 10.0. The van der Waals surface area contributed by atoms with Gasteiger partial charge < -0.3 is 10.2 Å². The first-order valence-corrected chi connectivity index (χ1v) is 8.50. The third kappa shape index (κ3) is 4.04. The first-order chi connectivity index (χ1) is 10.7. The van der Waals surface area contributed by atoms with Crippen molar-refractivity contribution in [3.8, 4) is 0 Å². The second-order valence-electron chi connectivity index (χ2n) is 6.75. The predicted molar refractivity (Wildman–Crippen MR) is 90.0 cm³/mol. The highest BCUT2D eigenvalue weighted by Crippen LogP contribution is 2.23. The molecule has 0 amide bonds. The molecule has 0 aromatic carbocycles. The lowest BCUT2D eigenvalue weighted by Crippen LogP contribution is -2.53. The van der Waals surface area contributed by atoms with Crippen molar-refractivity contribution in [2.24, 2.45) is 0 Å². The van der Waals surface area contributed by atoms with Crippen LogP contribution in [0.15, 0.2) is 24.5 Å². The number of rotatable bonds is 4. The minimum Gasteiger partial charge on any atom is -0.312 e. The maximum atomic E-state index is 4.19. The Hall–Kier alpha value is -1.01. The molecular formula is C17H29N5. The highest BCUT2D eigenvalue weighted by atomic mass is 15.3. The molecule has 1 N–H and O–H groups in total. The van der Waals surface area contributed by atoms with Gasteiger partial charge in [-0.3, -0.25) is 14.8 Å². The second kappa shape index (κ2) is 7.51. The SMILES string of the molecule is CC1CN(C(CN2CCN(C)CC2)c2ccncc2)CCN1. The molecule has 122 valence electrons. The van der Waals surface area contributed by atoms with E-state index in [4.69, 9.17) is 0 Å². The highest BCUT2D eigenvalue weighted by Gasteiger charge is 2.27. The molecule has 0 bridgehead atoms. The van der Waals surface area contributed by atoms with Crippen molar-refractivity contribution in [1.82, 2.24) is 25.0 Å². The summed E-state index contributed by atoms with van der Waals surface area (Å²) in [7, 11) is 2.22. The molecule has 0 spiro atoms. The zero-order valence-electron chi connectivity index (χ0n) is 13.9. The molecule has 2 unspecified atom stereocenters. The van der Waals surface area contributed by atoms with Gasteiger partial charge in [0.15, 0.2) is 0 Å². The van der Waals surface area contributed by atoms with Gasteiger partial charge in [0.05, 0.1) is 0 Å². The quantitative estimate of drug-likeness (QED) is 0.884. The minimum absolute atomic E-state index is 0.482. The third-order valence-corrected chi connectivity index (χ3v) is 4.96. The zero-order valence-corrected chi connectivity index (χ0v) is 13.9. The average Bonchev–Trinajstić information content (AvgIpc) is 2.55. The number of pyridine rings is 1. The molecule has 5 nitrogen and oxygen atoms in total. The Labute approximate surface area is 134 Å². The fourth-order valence-corrected chi connectivity index (χ4v) is 3.54. The topological polar surface area (TPSA) is 34.6 Å². The van der Waals surface area contributed by atoms with Gasteiger partial charge in [-0.05, 0) is 31.7 Å². The van der Waals surface area contributed by atoms with Crippen LogP contribution in [-0.4, -0.2) is 85.1 Å². The third-order valence-electron chi connectivity index (χ3n) is 4.96. The van der Waals surface area contributed by atoms with Gasteiger partial charge in [-0.1, -0.05) is 0 Å². The lowest BCUT2D eigenvalue weighted by Gasteiger charge is -2.41. The summed E-state index contributed by atoms with van der Waals surface area (Å²) in [6, 6.07) is 5.43. The van der Waals surface area contributed by atoms with Crippen molar-refractivity contribution in [3.05, 3.63) is 30.1 Å². The molecule has 3 heterocycles. The van der Waals surface area contributed by atoms with E-state index in [0.29, 0.717) is 12.1 Å². The summed E-state index contributed by atoms with van der Waals surface area (Å²) in [6.45, 7) is 11.5. The number of nitrogens with zero attached hydrogens (tertiary/aromatic N) is 4. The molecule has 5 heteroatoms. The Morgan fingerprint density at radius 1 is 1.18 bits per heavy atom. The Balaban J connectivity index is 1.71. The average molecular weight is 303 g/mol. The molecule has 2 aliphatic rings. The molecule has 1 aromatic heterocycles. The second-order valence-corrected chi connectivity index (χ2v) is 6.75. The molecule has 2 saturated heterocycles. The Kier molecular flexibility index (Phi) is 5.41. The van der Waals surface area contributed by atoms with Gasteiger partial charge in [0.2, 0.25) is 0 Å². The first kappa shape index (κ1) is 15.9. The van der Waals surface area contributed by atoms with Crippen molar-refractivity contribution in [2.45, 2.75) is 19.0 Å². The van der Waals surface area contributed by atoms with Crippen LogP contribution >= 0.6 is 0 Å². The molecule has 2 atom stereocenters. The molecule has 2 aliphatic heterocycles. The largest absolute Gasteiger partial charge is 0.312 e. The number of piperazine rings is 2. The summed E-state index contributed by atoms with van der Waals surface area (Å²) in [5, 5.41) is 3.55. The van der Waals surface area contributed by atoms with E-state index in [-0.39, 0.29) is 0 Å². The predicted octanol–water partition coefficient (Wildman–Crippen LogP) is 0.664. The first-order valence-electron chi connectivity index (χ1n) is 8.50. The molecule has 2 fully saturated rings. The summed E-state index contributed by atoms with van der Waals surface area (Å²) < 4.78 is 0. The van der Waals surface area contributed by atoms with Gasteiger partial charge in [-0.25, -0.2) is 0 Å². The fourth-order valence-electron chi connectivity index (χ4n) is 3.54. The Bertz CT molecular complexity index is 444. The number of hydrogen-bond acceptors (Lipinski definition) is 5. The molecule has 22 heavy (non-hydrogen) atoms. The van der Waals surface area contributed by atoms with Crippen LogP contribution in [0.3, 0.4) is 0 Å². The van der Waals surface area contributed by atoms with Gasteiger partial charge >= 0.3 is 0 Å². The fraction of sp³-hybridized carbons (Fsp3) is 0.706. The van der Waals surface area contributed by atoms with Crippen LogP contribution in [0.25, 0.3) is 0 Å². The van der Waals surface area contributed by atoms with Crippen LogP contribution < -0.4 is 5.32 Å². The van der Waals surface area contributed by atoms with Crippen LogP contribution in [0, 0.1) is 0 Å². The highest BCUT2D eigenvalue weighted by molar-refractivity contribution is 5.16. The van der Waals surface area contributed by atoms with Crippen molar-refractivity contribution in [3.63, 3.8) is 0 Å². The molecular weight excluding hydrogens is 274 g/mol. The molecule has 3 rings (SSSR count). The van der Waals surface area contributed by atoms with E-state index < -0.39 is 0 Å². The van der Waals surface area contributed by atoms with E-state index in [1.165, 1.54) is 31.7 Å². The summed E-state index contributed by atoms with van der Waals surface area (Å²) in [6.07, 6.45) is 3.86. The Morgan fingerprint density at radius 2 is 1.91 bits per heavy atom. The lowest BCUT2D eigenvalue weighted by molar-refractivity contribution is 0.0835. The standard InChI is InChI=1S/C17H29N5/c1-15-13-22(8-7-19-15)17(16-3-5-18-6-4-16)14-21-11-9-20(2)10-12-21/h3-6,15,17,19H,7-14H2,1-2H3. The van der Waals surface area contributed by atoms with Gasteiger partial charge in [-0.15, -0.1) is 0 Å². The number of nitrogens with one attached hydrogen (secondary N) is 1. The van der Waals surface area contributed by atoms with E-state index >= 15 is 0 Å². The van der Waals surface area contributed by atoms with Crippen LogP contribution in [0.2, 0.25) is 0 Å².